The van der Waals surface area contributed by atoms with E-state index in [1.165, 1.54) is 75.1 Å². The van der Waals surface area contributed by atoms with E-state index >= 15 is 0 Å². The number of thiophene rings is 1. The lowest BCUT2D eigenvalue weighted by Crippen LogP contribution is -2.14. The Morgan fingerprint density at radius 1 is 0.439 bits per heavy atom. The molecule has 2 atom stereocenters. The fourth-order valence-electron chi connectivity index (χ4n) is 8.68. The third-order valence-electron chi connectivity index (χ3n) is 11.4. The molecule has 0 amide bonds. The van der Waals surface area contributed by atoms with Crippen LogP contribution in [0.3, 0.4) is 0 Å². The predicted molar refractivity (Wildman–Crippen MR) is 246 cm³/mol. The predicted octanol–water partition coefficient (Wildman–Crippen LogP) is 15.7. The quantitative estimate of drug-likeness (QED) is 0.159. The van der Waals surface area contributed by atoms with E-state index < -0.39 is 0 Å². The fraction of sp³-hybridized carbons (Fsp3) is 0.0370. The Bertz CT molecular complexity index is 2980. The molecule has 2 heterocycles. The summed E-state index contributed by atoms with van der Waals surface area (Å²) in [5.74, 6) is 0.245. The van der Waals surface area contributed by atoms with Crippen LogP contribution in [0.1, 0.15) is 17.0 Å². The van der Waals surface area contributed by atoms with E-state index in [2.05, 4.69) is 217 Å². The monoisotopic (exact) mass is 763 g/mol. The van der Waals surface area contributed by atoms with Crippen molar-refractivity contribution >= 4 is 65.9 Å². The third kappa shape index (κ3) is 6.11. The molecule has 0 spiro atoms. The molecule has 3 heteroatoms. The molecule has 0 fully saturated rings. The minimum Gasteiger partial charge on any atom is -0.311 e. The van der Waals surface area contributed by atoms with Gasteiger partial charge in [0.15, 0.2) is 0 Å². The molecule has 270 valence electrons. The van der Waals surface area contributed by atoms with Gasteiger partial charge in [0.25, 0.3) is 0 Å². The summed E-state index contributed by atoms with van der Waals surface area (Å²) < 4.78 is 2.67. The number of anilines is 3. The van der Waals surface area contributed by atoms with Gasteiger partial charge in [-0.1, -0.05) is 158 Å². The molecule has 1 aromatic heterocycles. The Hall–Kier alpha value is -6.39. The zero-order chi connectivity index (χ0) is 37.7. The number of para-hydroxylation sites is 1. The molecule has 1 aliphatic carbocycles. The van der Waals surface area contributed by atoms with Gasteiger partial charge < -0.3 is 4.90 Å². The standard InChI is InChI=1S/C54H37NS2/c1-3-13-36(14-4-1)37-25-29-43(30-26-37)55(42-15-5-2-6-16-42)44-31-27-38(28-32-44)39-33-40(45-19-11-21-49-47-17-7-9-23-51(47)56-53(45)49)35-41(34-39)46-20-12-22-50-48-18-8-10-24-52(48)57-54(46)50/h1-35,45,53H. The van der Waals surface area contributed by atoms with Crippen LogP contribution in [0.25, 0.3) is 59.1 Å². The first-order chi connectivity index (χ1) is 28.2. The van der Waals surface area contributed by atoms with Crippen molar-refractivity contribution in [3.05, 3.63) is 223 Å². The molecular formula is C54H37NS2. The largest absolute Gasteiger partial charge is 0.311 e. The summed E-state index contributed by atoms with van der Waals surface area (Å²) in [5.41, 5.74) is 14.9. The number of fused-ring (bicyclic) bond motifs is 6. The lowest BCUT2D eigenvalue weighted by Gasteiger charge is -2.26. The van der Waals surface area contributed by atoms with E-state index in [-0.39, 0.29) is 5.92 Å². The van der Waals surface area contributed by atoms with Crippen LogP contribution in [0.15, 0.2) is 217 Å². The van der Waals surface area contributed by atoms with Crippen LogP contribution in [0, 0.1) is 0 Å². The Morgan fingerprint density at radius 3 is 1.82 bits per heavy atom. The first-order valence-electron chi connectivity index (χ1n) is 19.6. The minimum absolute atomic E-state index is 0.245. The van der Waals surface area contributed by atoms with Crippen LogP contribution >= 0.6 is 23.1 Å². The van der Waals surface area contributed by atoms with Gasteiger partial charge in [0.05, 0.1) is 0 Å². The van der Waals surface area contributed by atoms with Crippen molar-refractivity contribution in [2.75, 3.05) is 4.90 Å². The molecule has 0 bridgehead atoms. The number of allylic oxidation sites excluding steroid dienone is 3. The van der Waals surface area contributed by atoms with Crippen LogP contribution < -0.4 is 4.90 Å². The third-order valence-corrected chi connectivity index (χ3v) is 14.1. The van der Waals surface area contributed by atoms with Crippen molar-refractivity contribution in [2.45, 2.75) is 16.1 Å². The molecule has 0 saturated carbocycles. The number of benzene rings is 8. The van der Waals surface area contributed by atoms with Gasteiger partial charge >= 0.3 is 0 Å². The van der Waals surface area contributed by atoms with Crippen molar-refractivity contribution in [2.24, 2.45) is 0 Å². The molecule has 9 aromatic rings. The maximum absolute atomic E-state index is 2.47. The summed E-state index contributed by atoms with van der Waals surface area (Å²) in [5, 5.41) is 2.99. The van der Waals surface area contributed by atoms with E-state index in [4.69, 9.17) is 0 Å². The molecule has 1 aliphatic heterocycles. The average Bonchev–Trinajstić information content (AvgIpc) is 3.86. The van der Waals surface area contributed by atoms with Gasteiger partial charge in [0.1, 0.15) is 0 Å². The van der Waals surface area contributed by atoms with E-state index in [1.54, 1.807) is 0 Å². The van der Waals surface area contributed by atoms with Crippen molar-refractivity contribution in [3.63, 3.8) is 0 Å². The zero-order valence-corrected chi connectivity index (χ0v) is 32.8. The number of nitrogens with zero attached hydrogens (tertiary/aromatic N) is 1. The number of rotatable bonds is 7. The van der Waals surface area contributed by atoms with Gasteiger partial charge in [-0.2, -0.15) is 0 Å². The molecule has 1 nitrogen and oxygen atoms in total. The topological polar surface area (TPSA) is 3.24 Å². The lowest BCUT2D eigenvalue weighted by molar-refractivity contribution is 0.892. The molecule has 0 N–H and O–H groups in total. The average molecular weight is 764 g/mol. The van der Waals surface area contributed by atoms with Crippen LogP contribution in [0.2, 0.25) is 0 Å². The number of hydrogen-bond acceptors (Lipinski definition) is 3. The first-order valence-corrected chi connectivity index (χ1v) is 21.3. The minimum atomic E-state index is 0.245. The first kappa shape index (κ1) is 33.9. The second-order valence-electron chi connectivity index (χ2n) is 14.8. The maximum Gasteiger partial charge on any atom is 0.0462 e. The second-order valence-corrected chi connectivity index (χ2v) is 17.1. The molecule has 57 heavy (non-hydrogen) atoms. The highest BCUT2D eigenvalue weighted by Gasteiger charge is 2.35. The summed E-state index contributed by atoms with van der Waals surface area (Å²) in [6, 6.07) is 71.2. The summed E-state index contributed by atoms with van der Waals surface area (Å²) in [6.45, 7) is 0. The molecule has 2 aliphatic rings. The highest BCUT2D eigenvalue weighted by atomic mass is 32.2. The Balaban J connectivity index is 1.02. The summed E-state index contributed by atoms with van der Waals surface area (Å²) >= 11 is 3.91. The smallest absolute Gasteiger partial charge is 0.0462 e. The summed E-state index contributed by atoms with van der Waals surface area (Å²) in [6.07, 6.45) is 7.02. The van der Waals surface area contributed by atoms with Crippen molar-refractivity contribution in [1.82, 2.24) is 0 Å². The van der Waals surface area contributed by atoms with Crippen molar-refractivity contribution in [1.29, 1.82) is 0 Å². The Morgan fingerprint density at radius 2 is 1.04 bits per heavy atom. The van der Waals surface area contributed by atoms with Crippen molar-refractivity contribution in [3.8, 4) is 33.4 Å². The highest BCUT2D eigenvalue weighted by Crippen LogP contribution is 2.53. The molecule has 8 aromatic carbocycles. The number of thioether (sulfide) groups is 1. The molecular weight excluding hydrogens is 727 g/mol. The summed E-state index contributed by atoms with van der Waals surface area (Å²) in [7, 11) is 0. The van der Waals surface area contributed by atoms with Gasteiger partial charge in [0, 0.05) is 53.3 Å². The molecule has 2 unspecified atom stereocenters. The van der Waals surface area contributed by atoms with Crippen molar-refractivity contribution < 1.29 is 0 Å². The maximum atomic E-state index is 2.47. The molecule has 11 rings (SSSR count). The highest BCUT2D eigenvalue weighted by molar-refractivity contribution is 8.01. The fourth-order valence-corrected chi connectivity index (χ4v) is 11.4. The van der Waals surface area contributed by atoms with Crippen LogP contribution in [0.5, 0.6) is 0 Å². The zero-order valence-electron chi connectivity index (χ0n) is 31.1. The van der Waals surface area contributed by atoms with Gasteiger partial charge in [-0.3, -0.25) is 0 Å². The van der Waals surface area contributed by atoms with Gasteiger partial charge in [-0.05, 0) is 105 Å². The SMILES string of the molecule is C1=CC(c2cc(-c3ccc(N(c4ccccc4)c4ccc(-c5ccccc5)cc4)cc3)cc(-c3cccc4c3sc3ccccc34)c2)C2Sc3ccccc3C2=C1. The Kier molecular flexibility index (Phi) is 8.49. The van der Waals surface area contributed by atoms with E-state index in [0.717, 1.165) is 17.1 Å². The number of hydrogen-bond donors (Lipinski definition) is 0. The van der Waals surface area contributed by atoms with Gasteiger partial charge in [0.2, 0.25) is 0 Å². The molecule has 0 radical (unpaired) electrons. The van der Waals surface area contributed by atoms with Gasteiger partial charge in [-0.25, -0.2) is 0 Å². The summed E-state index contributed by atoms with van der Waals surface area (Å²) in [4.78, 5) is 3.72. The van der Waals surface area contributed by atoms with E-state index in [9.17, 15) is 0 Å². The normalized spacial score (nSPS) is 15.7. The van der Waals surface area contributed by atoms with E-state index in [1.807, 2.05) is 23.1 Å². The van der Waals surface area contributed by atoms with Crippen LogP contribution in [0.4, 0.5) is 17.1 Å². The molecule has 0 saturated heterocycles. The van der Waals surface area contributed by atoms with Crippen LogP contribution in [-0.4, -0.2) is 5.25 Å². The van der Waals surface area contributed by atoms with Crippen LogP contribution in [-0.2, 0) is 0 Å². The van der Waals surface area contributed by atoms with Gasteiger partial charge in [-0.15, -0.1) is 23.1 Å². The lowest BCUT2D eigenvalue weighted by atomic mass is 9.83. The van der Waals surface area contributed by atoms with E-state index in [0.29, 0.717) is 5.25 Å². The second kappa shape index (κ2) is 14.3. The Labute approximate surface area is 341 Å².